The van der Waals surface area contributed by atoms with E-state index >= 15 is 0 Å². The Morgan fingerprint density at radius 1 is 1.39 bits per heavy atom. The number of hydrazine groups is 1. The smallest absolute Gasteiger partial charge is 0.323 e. The van der Waals surface area contributed by atoms with Crippen LogP contribution >= 0.6 is 0 Å². The fourth-order valence-electron chi connectivity index (χ4n) is 1.33. The van der Waals surface area contributed by atoms with Crippen LogP contribution in [0.3, 0.4) is 0 Å². The fraction of sp³-hybridized carbons (Fsp3) is 0.600. The molecule has 0 aliphatic rings. The summed E-state index contributed by atoms with van der Waals surface area (Å²) in [5, 5.41) is 8.61. The zero-order valence-electron chi connectivity index (χ0n) is 10.6. The molecule has 0 bridgehead atoms. The van der Waals surface area contributed by atoms with Crippen molar-refractivity contribution in [2.75, 3.05) is 30.0 Å². The molecule has 0 fully saturated rings. The van der Waals surface area contributed by atoms with Gasteiger partial charge in [0, 0.05) is 13.1 Å². The van der Waals surface area contributed by atoms with Crippen molar-refractivity contribution >= 4 is 11.9 Å². The van der Waals surface area contributed by atoms with Crippen LogP contribution in [0.2, 0.25) is 0 Å². The summed E-state index contributed by atoms with van der Waals surface area (Å²) in [6.07, 6.45) is 0.398. The summed E-state index contributed by atoms with van der Waals surface area (Å²) in [5.74, 6) is 5.98. The topological polar surface area (TPSA) is 113 Å². The van der Waals surface area contributed by atoms with Gasteiger partial charge >= 0.3 is 6.01 Å². The van der Waals surface area contributed by atoms with E-state index in [1.807, 2.05) is 18.7 Å². The van der Waals surface area contributed by atoms with Gasteiger partial charge in [-0.15, -0.1) is 0 Å². The van der Waals surface area contributed by atoms with Gasteiger partial charge < -0.3 is 9.64 Å². The summed E-state index contributed by atoms with van der Waals surface area (Å²) < 4.78 is 5.24. The molecule has 0 radical (unpaired) electrons. The first-order valence-corrected chi connectivity index (χ1v) is 5.72. The van der Waals surface area contributed by atoms with E-state index in [9.17, 15) is 0 Å². The lowest BCUT2D eigenvalue weighted by atomic mass is 10.4. The number of rotatable bonds is 7. The van der Waals surface area contributed by atoms with Crippen molar-refractivity contribution in [3.63, 3.8) is 0 Å². The van der Waals surface area contributed by atoms with E-state index in [0.29, 0.717) is 32.1 Å². The molecule has 8 nitrogen and oxygen atoms in total. The van der Waals surface area contributed by atoms with E-state index in [0.717, 1.165) is 0 Å². The van der Waals surface area contributed by atoms with Gasteiger partial charge in [-0.3, -0.25) is 5.43 Å². The Hall–Kier alpha value is -2.14. The molecule has 98 valence electrons. The van der Waals surface area contributed by atoms with Crippen LogP contribution in [-0.4, -0.2) is 34.6 Å². The average Bonchev–Trinajstić information content (AvgIpc) is 2.39. The summed E-state index contributed by atoms with van der Waals surface area (Å²) >= 11 is 0. The monoisotopic (exact) mass is 251 g/mol. The highest BCUT2D eigenvalue weighted by Gasteiger charge is 2.12. The Morgan fingerprint density at radius 2 is 2.17 bits per heavy atom. The molecule has 1 aromatic heterocycles. The quantitative estimate of drug-likeness (QED) is 0.525. The van der Waals surface area contributed by atoms with Gasteiger partial charge in [-0.05, 0) is 13.8 Å². The molecule has 1 heterocycles. The summed E-state index contributed by atoms with van der Waals surface area (Å²) in [7, 11) is 0. The number of ether oxygens (including phenoxy) is 1. The van der Waals surface area contributed by atoms with Gasteiger partial charge in [-0.2, -0.15) is 20.2 Å². The molecule has 1 aromatic rings. The summed E-state index contributed by atoms with van der Waals surface area (Å²) in [5.41, 5.74) is 2.37. The first-order valence-electron chi connectivity index (χ1n) is 5.72. The van der Waals surface area contributed by atoms with E-state index in [4.69, 9.17) is 15.8 Å². The Bertz CT molecular complexity index is 417. The Kier molecular flexibility index (Phi) is 5.60. The van der Waals surface area contributed by atoms with E-state index in [1.165, 1.54) is 0 Å². The van der Waals surface area contributed by atoms with E-state index in [1.54, 1.807) is 0 Å². The molecule has 18 heavy (non-hydrogen) atoms. The van der Waals surface area contributed by atoms with Gasteiger partial charge in [0.15, 0.2) is 0 Å². The molecular formula is C10H17N7O. The Labute approximate surface area is 106 Å². The predicted molar refractivity (Wildman–Crippen MR) is 66.9 cm³/mol. The maximum atomic E-state index is 8.61. The van der Waals surface area contributed by atoms with Gasteiger partial charge in [0.1, 0.15) is 0 Å². The first kappa shape index (κ1) is 13.9. The number of aromatic nitrogens is 3. The van der Waals surface area contributed by atoms with Crippen LogP contribution in [0.5, 0.6) is 6.01 Å². The fourth-order valence-corrected chi connectivity index (χ4v) is 1.33. The molecule has 3 N–H and O–H groups in total. The van der Waals surface area contributed by atoms with Gasteiger partial charge in [0.05, 0.1) is 19.1 Å². The minimum absolute atomic E-state index is 0.214. The first-order chi connectivity index (χ1) is 8.74. The second kappa shape index (κ2) is 7.24. The number of anilines is 2. The summed E-state index contributed by atoms with van der Waals surface area (Å²) in [4.78, 5) is 14.1. The lowest BCUT2D eigenvalue weighted by molar-refractivity contribution is 0.312. The number of nitrogens with one attached hydrogen (secondary N) is 1. The van der Waals surface area contributed by atoms with Crippen molar-refractivity contribution in [3.05, 3.63) is 0 Å². The second-order valence-electron chi connectivity index (χ2n) is 3.31. The number of nitrogens with zero attached hydrogens (tertiary/aromatic N) is 5. The van der Waals surface area contributed by atoms with Crippen LogP contribution in [0.25, 0.3) is 0 Å². The van der Waals surface area contributed by atoms with Gasteiger partial charge in [0.2, 0.25) is 11.9 Å². The molecule has 0 saturated heterocycles. The minimum Gasteiger partial charge on any atom is -0.464 e. The van der Waals surface area contributed by atoms with Crippen LogP contribution in [0.4, 0.5) is 11.9 Å². The van der Waals surface area contributed by atoms with E-state index in [-0.39, 0.29) is 12.0 Å². The molecule has 0 aliphatic carbocycles. The van der Waals surface area contributed by atoms with Crippen LogP contribution in [0.15, 0.2) is 0 Å². The molecule has 0 aliphatic heterocycles. The van der Waals surface area contributed by atoms with Crippen molar-refractivity contribution < 1.29 is 4.74 Å². The predicted octanol–water partition coefficient (Wildman–Crippen LogP) is 0.296. The number of nitriles is 1. The largest absolute Gasteiger partial charge is 0.464 e. The molecule has 1 rings (SSSR count). The molecule has 0 amide bonds. The normalized spacial score (nSPS) is 9.67. The zero-order chi connectivity index (χ0) is 13.4. The van der Waals surface area contributed by atoms with Crippen molar-refractivity contribution in [3.8, 4) is 12.1 Å². The van der Waals surface area contributed by atoms with Crippen molar-refractivity contribution in [2.24, 2.45) is 5.84 Å². The summed E-state index contributed by atoms with van der Waals surface area (Å²) in [6.45, 7) is 5.48. The van der Waals surface area contributed by atoms with Crippen LogP contribution in [0.1, 0.15) is 20.3 Å². The van der Waals surface area contributed by atoms with Crippen molar-refractivity contribution in [1.29, 1.82) is 5.26 Å². The van der Waals surface area contributed by atoms with Gasteiger partial charge in [-0.1, -0.05) is 0 Å². The molecule has 8 heteroatoms. The standard InChI is InChI=1S/C10H17N7O/c1-3-17(7-5-6-11)9-13-8(16-12)14-10(15-9)18-4-2/h3-5,7,12H2,1-2H3,(H,13,14,15,16). The maximum absolute atomic E-state index is 8.61. The average molecular weight is 251 g/mol. The van der Waals surface area contributed by atoms with Crippen molar-refractivity contribution in [2.45, 2.75) is 20.3 Å². The minimum atomic E-state index is 0.214. The molecule has 0 spiro atoms. The third-order valence-corrected chi connectivity index (χ3v) is 2.16. The molecule has 0 aromatic carbocycles. The lowest BCUT2D eigenvalue weighted by Gasteiger charge is -2.19. The zero-order valence-corrected chi connectivity index (χ0v) is 10.6. The number of nitrogen functional groups attached to an aromatic ring is 1. The molecule has 0 unspecified atom stereocenters. The van der Waals surface area contributed by atoms with E-state index < -0.39 is 0 Å². The lowest BCUT2D eigenvalue weighted by Crippen LogP contribution is -2.27. The van der Waals surface area contributed by atoms with Gasteiger partial charge in [-0.25, -0.2) is 5.84 Å². The maximum Gasteiger partial charge on any atom is 0.323 e. The SMILES string of the molecule is CCOc1nc(NN)nc(N(CC)CCC#N)n1. The highest BCUT2D eigenvalue weighted by atomic mass is 16.5. The Balaban J connectivity index is 2.97. The molecule has 0 saturated carbocycles. The number of hydrogen-bond donors (Lipinski definition) is 2. The van der Waals surface area contributed by atoms with Crippen LogP contribution in [-0.2, 0) is 0 Å². The summed E-state index contributed by atoms with van der Waals surface area (Å²) in [6, 6.07) is 2.30. The highest BCUT2D eigenvalue weighted by Crippen LogP contribution is 2.14. The van der Waals surface area contributed by atoms with Crippen molar-refractivity contribution in [1.82, 2.24) is 15.0 Å². The van der Waals surface area contributed by atoms with Crippen LogP contribution in [0, 0.1) is 11.3 Å². The van der Waals surface area contributed by atoms with Crippen LogP contribution < -0.4 is 20.9 Å². The van der Waals surface area contributed by atoms with E-state index in [2.05, 4.69) is 26.4 Å². The molecular weight excluding hydrogens is 234 g/mol. The van der Waals surface area contributed by atoms with Gasteiger partial charge in [0.25, 0.3) is 0 Å². The second-order valence-corrected chi connectivity index (χ2v) is 3.31. The third kappa shape index (κ3) is 3.71. The Morgan fingerprint density at radius 3 is 2.72 bits per heavy atom. The molecule has 0 atom stereocenters. The number of hydrogen-bond acceptors (Lipinski definition) is 8. The third-order valence-electron chi connectivity index (χ3n) is 2.16. The highest BCUT2D eigenvalue weighted by molar-refractivity contribution is 5.37. The number of nitrogens with two attached hydrogens (primary N) is 1.